The summed E-state index contributed by atoms with van der Waals surface area (Å²) >= 11 is 0. The van der Waals surface area contributed by atoms with Gasteiger partial charge in [-0.05, 0) is 64.9 Å². The number of aryl methyl sites for hydroxylation is 1. The van der Waals surface area contributed by atoms with Crippen LogP contribution in [0.2, 0.25) is 0 Å². The van der Waals surface area contributed by atoms with Gasteiger partial charge in [0.25, 0.3) is 0 Å². The van der Waals surface area contributed by atoms with E-state index in [1.54, 1.807) is 0 Å². The molecule has 2 heteroatoms. The summed E-state index contributed by atoms with van der Waals surface area (Å²) in [6.07, 6.45) is 5.03. The lowest BCUT2D eigenvalue weighted by Gasteiger charge is -2.46. The summed E-state index contributed by atoms with van der Waals surface area (Å²) in [5.74, 6) is 0. The molecule has 0 aliphatic heterocycles. The Labute approximate surface area is 111 Å². The molecule has 0 atom stereocenters. The van der Waals surface area contributed by atoms with Crippen LogP contribution >= 0.6 is 0 Å². The highest BCUT2D eigenvalue weighted by atomic mass is 15.1. The molecule has 0 aromatic heterocycles. The molecule has 1 fully saturated rings. The largest absolute Gasteiger partial charge is 0.317 e. The summed E-state index contributed by atoms with van der Waals surface area (Å²) in [5, 5.41) is 3.43. The maximum absolute atomic E-state index is 3.43. The number of nitrogens with one attached hydrogen (secondary N) is 1. The fourth-order valence-corrected chi connectivity index (χ4v) is 3.44. The molecule has 0 saturated heterocycles. The summed E-state index contributed by atoms with van der Waals surface area (Å²) in [5.41, 5.74) is 3.18. The van der Waals surface area contributed by atoms with Gasteiger partial charge in [0.15, 0.2) is 0 Å². The van der Waals surface area contributed by atoms with Crippen LogP contribution in [0.4, 0.5) is 0 Å². The molecule has 100 valence electrons. The van der Waals surface area contributed by atoms with E-state index < -0.39 is 0 Å². The van der Waals surface area contributed by atoms with Crippen LogP contribution in [0.15, 0.2) is 24.3 Å². The second-order valence-electron chi connectivity index (χ2n) is 5.80. The molecule has 0 spiro atoms. The highest BCUT2D eigenvalue weighted by molar-refractivity contribution is 5.33. The van der Waals surface area contributed by atoms with Crippen LogP contribution < -0.4 is 5.32 Å². The van der Waals surface area contributed by atoms with Crippen molar-refractivity contribution in [1.29, 1.82) is 0 Å². The van der Waals surface area contributed by atoms with Crippen molar-refractivity contribution in [1.82, 2.24) is 10.2 Å². The molecule has 0 radical (unpaired) electrons. The van der Waals surface area contributed by atoms with E-state index in [4.69, 9.17) is 0 Å². The molecule has 18 heavy (non-hydrogen) atoms. The molecule has 1 N–H and O–H groups in total. The Morgan fingerprint density at radius 1 is 1.17 bits per heavy atom. The molecule has 1 aliphatic rings. The third-order valence-corrected chi connectivity index (χ3v) is 4.72. The number of rotatable bonds is 3. The summed E-state index contributed by atoms with van der Waals surface area (Å²) < 4.78 is 0. The Hall–Kier alpha value is -0.860. The van der Waals surface area contributed by atoms with Gasteiger partial charge in [0.2, 0.25) is 0 Å². The lowest BCUT2D eigenvalue weighted by molar-refractivity contribution is 0.0864. The lowest BCUT2D eigenvalue weighted by atomic mass is 9.73. The smallest absolute Gasteiger partial charge is 0.0458 e. The number of benzene rings is 1. The molecular weight excluding hydrogens is 220 g/mol. The summed E-state index contributed by atoms with van der Waals surface area (Å²) in [4.78, 5) is 2.43. The average Bonchev–Trinajstić information content (AvgIpc) is 2.39. The first-order valence-corrected chi connectivity index (χ1v) is 7.01. The minimum Gasteiger partial charge on any atom is -0.317 e. The fourth-order valence-electron chi connectivity index (χ4n) is 3.44. The summed E-state index contributed by atoms with van der Waals surface area (Å²) in [6.45, 7) is 2.24. The average molecular weight is 246 g/mol. The van der Waals surface area contributed by atoms with E-state index in [-0.39, 0.29) is 5.54 Å². The van der Waals surface area contributed by atoms with Crippen molar-refractivity contribution in [2.45, 2.75) is 44.2 Å². The van der Waals surface area contributed by atoms with Crippen molar-refractivity contribution in [3.05, 3.63) is 35.4 Å². The number of nitrogens with zero attached hydrogens (tertiary/aromatic N) is 1. The van der Waals surface area contributed by atoms with Gasteiger partial charge in [0.05, 0.1) is 0 Å². The Kier molecular flexibility index (Phi) is 4.08. The number of hydrogen-bond donors (Lipinski definition) is 1. The van der Waals surface area contributed by atoms with Gasteiger partial charge in [-0.25, -0.2) is 0 Å². The monoisotopic (exact) mass is 246 g/mol. The van der Waals surface area contributed by atoms with Crippen molar-refractivity contribution < 1.29 is 0 Å². The van der Waals surface area contributed by atoms with Gasteiger partial charge < -0.3 is 5.32 Å². The van der Waals surface area contributed by atoms with Crippen molar-refractivity contribution >= 4 is 0 Å². The predicted octanol–water partition coefficient (Wildman–Crippen LogP) is 2.91. The van der Waals surface area contributed by atoms with E-state index in [2.05, 4.69) is 62.5 Å². The normalized spacial score (nSPS) is 28.6. The topological polar surface area (TPSA) is 15.3 Å². The molecule has 0 amide bonds. The molecule has 1 saturated carbocycles. The minimum atomic E-state index is 0.235. The molecule has 1 aliphatic carbocycles. The van der Waals surface area contributed by atoms with Gasteiger partial charge >= 0.3 is 0 Å². The van der Waals surface area contributed by atoms with Gasteiger partial charge in [0, 0.05) is 11.6 Å². The van der Waals surface area contributed by atoms with Crippen LogP contribution in [0.1, 0.15) is 36.8 Å². The van der Waals surface area contributed by atoms with Crippen LogP contribution in [0, 0.1) is 6.92 Å². The van der Waals surface area contributed by atoms with Crippen molar-refractivity contribution in [3.63, 3.8) is 0 Å². The van der Waals surface area contributed by atoms with Crippen LogP contribution in [-0.2, 0) is 5.54 Å². The zero-order valence-corrected chi connectivity index (χ0v) is 12.2. The zero-order valence-electron chi connectivity index (χ0n) is 12.2. The van der Waals surface area contributed by atoms with E-state index in [0.29, 0.717) is 6.04 Å². The van der Waals surface area contributed by atoms with E-state index in [0.717, 1.165) is 0 Å². The Balaban J connectivity index is 2.32. The third-order valence-electron chi connectivity index (χ3n) is 4.72. The van der Waals surface area contributed by atoms with Crippen LogP contribution in [-0.4, -0.2) is 32.1 Å². The maximum atomic E-state index is 3.43. The van der Waals surface area contributed by atoms with Gasteiger partial charge in [-0.15, -0.1) is 0 Å². The first kappa shape index (κ1) is 13.6. The Morgan fingerprint density at radius 2 is 1.78 bits per heavy atom. The Bertz CT molecular complexity index is 390. The van der Waals surface area contributed by atoms with Gasteiger partial charge in [0.1, 0.15) is 0 Å². The first-order chi connectivity index (χ1) is 8.60. The molecule has 1 aromatic rings. The van der Waals surface area contributed by atoms with E-state index in [1.807, 2.05) is 0 Å². The quantitative estimate of drug-likeness (QED) is 0.882. The van der Waals surface area contributed by atoms with Gasteiger partial charge in [-0.2, -0.15) is 0 Å². The molecule has 0 unspecified atom stereocenters. The van der Waals surface area contributed by atoms with E-state index in [1.165, 1.54) is 36.8 Å². The maximum Gasteiger partial charge on any atom is 0.0458 e. The van der Waals surface area contributed by atoms with Gasteiger partial charge in [-0.3, -0.25) is 4.90 Å². The fraction of sp³-hybridized carbons (Fsp3) is 0.625. The molecule has 0 heterocycles. The first-order valence-electron chi connectivity index (χ1n) is 7.01. The summed E-state index contributed by atoms with van der Waals surface area (Å²) in [7, 11) is 6.54. The number of hydrogen-bond acceptors (Lipinski definition) is 2. The highest BCUT2D eigenvalue weighted by Crippen LogP contribution is 2.42. The van der Waals surface area contributed by atoms with Crippen LogP contribution in [0.25, 0.3) is 0 Å². The summed E-state index contributed by atoms with van der Waals surface area (Å²) in [6, 6.07) is 9.57. The van der Waals surface area contributed by atoms with E-state index in [9.17, 15) is 0 Å². The highest BCUT2D eigenvalue weighted by Gasteiger charge is 2.39. The molecule has 2 nitrogen and oxygen atoms in total. The second-order valence-corrected chi connectivity index (χ2v) is 5.80. The van der Waals surface area contributed by atoms with Crippen LogP contribution in [0.5, 0.6) is 0 Å². The molecule has 2 rings (SSSR count). The third kappa shape index (κ3) is 2.32. The van der Waals surface area contributed by atoms with Crippen molar-refractivity contribution in [2.24, 2.45) is 0 Å². The van der Waals surface area contributed by atoms with Crippen molar-refractivity contribution in [3.8, 4) is 0 Å². The molecular formula is C16H26N2. The standard InChI is InChI=1S/C16H26N2/c1-13-7-5-6-8-15(13)16(18(3)4)11-9-14(17-2)10-12-16/h5-8,14,17H,9-12H2,1-4H3. The molecule has 0 bridgehead atoms. The predicted molar refractivity (Wildman–Crippen MR) is 77.9 cm³/mol. The molecule has 1 aromatic carbocycles. The Morgan fingerprint density at radius 3 is 2.28 bits per heavy atom. The van der Waals surface area contributed by atoms with Crippen LogP contribution in [0.3, 0.4) is 0 Å². The lowest BCUT2D eigenvalue weighted by Crippen LogP contribution is -2.47. The second kappa shape index (κ2) is 5.41. The van der Waals surface area contributed by atoms with E-state index >= 15 is 0 Å². The zero-order chi connectivity index (χ0) is 13.2. The minimum absolute atomic E-state index is 0.235. The SMILES string of the molecule is CNC1CCC(c2ccccc2C)(N(C)C)CC1. The van der Waals surface area contributed by atoms with Gasteiger partial charge in [-0.1, -0.05) is 24.3 Å². The van der Waals surface area contributed by atoms with Crippen molar-refractivity contribution in [2.75, 3.05) is 21.1 Å².